The number of aromatic nitrogens is 2. The van der Waals surface area contributed by atoms with Gasteiger partial charge in [0.05, 0.1) is 6.61 Å². The van der Waals surface area contributed by atoms with Gasteiger partial charge in [-0.15, -0.1) is 0 Å². The Kier molecular flexibility index (Phi) is 3.80. The number of H-pyrrole nitrogens is 1. The molecule has 0 spiro atoms. The van der Waals surface area contributed by atoms with Gasteiger partial charge in [0.15, 0.2) is 12.4 Å². The van der Waals surface area contributed by atoms with Gasteiger partial charge in [-0.1, -0.05) is 0 Å². The van der Waals surface area contributed by atoms with E-state index in [1.54, 1.807) is 0 Å². The van der Waals surface area contributed by atoms with Gasteiger partial charge in [0.1, 0.15) is 12.2 Å². The summed E-state index contributed by atoms with van der Waals surface area (Å²) in [5.41, 5.74) is -1.15. The molecule has 1 fully saturated rings. The molecule has 19 heavy (non-hydrogen) atoms. The molecule has 1 aliphatic rings. The average Bonchev–Trinajstić information content (AvgIpc) is 2.63. The van der Waals surface area contributed by atoms with Crippen LogP contribution in [0.3, 0.4) is 0 Å². The van der Waals surface area contributed by atoms with Crippen LogP contribution >= 0.6 is 0 Å². The molecule has 4 N–H and O–H groups in total. The van der Waals surface area contributed by atoms with Crippen molar-refractivity contribution in [3.05, 3.63) is 32.6 Å². The van der Waals surface area contributed by atoms with Gasteiger partial charge in [0.2, 0.25) is 0 Å². The van der Waals surface area contributed by atoms with Crippen molar-refractivity contribution in [2.24, 2.45) is 5.90 Å². The quantitative estimate of drug-likeness (QED) is 0.567. The lowest BCUT2D eigenvalue weighted by Crippen LogP contribution is -2.36. The molecule has 0 radical (unpaired) electrons. The summed E-state index contributed by atoms with van der Waals surface area (Å²) in [6.45, 7) is 1.25. The van der Waals surface area contributed by atoms with Crippen molar-refractivity contribution < 1.29 is 19.1 Å². The molecular formula is C10H14FN3O5. The van der Waals surface area contributed by atoms with Crippen molar-refractivity contribution in [2.75, 3.05) is 6.61 Å². The molecule has 1 aromatic rings. The van der Waals surface area contributed by atoms with Crippen molar-refractivity contribution in [3.8, 4) is 0 Å². The Bertz CT molecular complexity index is 571. The van der Waals surface area contributed by atoms with E-state index in [-0.39, 0.29) is 12.2 Å². The number of aromatic amines is 1. The molecule has 8 nitrogen and oxygen atoms in total. The minimum Gasteiger partial charge on any atom is -0.387 e. The van der Waals surface area contributed by atoms with Crippen molar-refractivity contribution >= 4 is 0 Å². The van der Waals surface area contributed by atoms with E-state index in [0.717, 1.165) is 4.57 Å². The van der Waals surface area contributed by atoms with Crippen LogP contribution in [0.25, 0.3) is 0 Å². The minimum atomic E-state index is -1.83. The first-order valence-electron chi connectivity index (χ1n) is 5.57. The predicted octanol–water partition coefficient (Wildman–Crippen LogP) is -1.67. The highest BCUT2D eigenvalue weighted by Crippen LogP contribution is 2.30. The lowest BCUT2D eigenvalue weighted by molar-refractivity contribution is -0.0660. The van der Waals surface area contributed by atoms with Crippen molar-refractivity contribution in [1.29, 1.82) is 0 Å². The molecule has 0 amide bonds. The molecule has 1 saturated heterocycles. The number of aliphatic hydroxyl groups excluding tert-OH is 1. The lowest BCUT2D eigenvalue weighted by Gasteiger charge is -2.16. The van der Waals surface area contributed by atoms with E-state index in [1.165, 1.54) is 13.1 Å². The monoisotopic (exact) mass is 275 g/mol. The van der Waals surface area contributed by atoms with Gasteiger partial charge in [-0.25, -0.2) is 15.1 Å². The van der Waals surface area contributed by atoms with Crippen LogP contribution in [0.2, 0.25) is 0 Å². The SMILES string of the molecule is Cc1cn([C@@H]2O[C@H](CON)[C@@H](O)C2F)c(=O)[nH]c1=O. The third-order valence-electron chi connectivity index (χ3n) is 2.97. The summed E-state index contributed by atoms with van der Waals surface area (Å²) >= 11 is 0. The van der Waals surface area contributed by atoms with Crippen molar-refractivity contribution in [2.45, 2.75) is 31.5 Å². The number of rotatable bonds is 3. The Morgan fingerprint density at radius 3 is 2.95 bits per heavy atom. The Hall–Kier alpha value is -1.55. The molecule has 4 atom stereocenters. The highest BCUT2D eigenvalue weighted by Gasteiger charge is 2.45. The second-order valence-corrected chi connectivity index (χ2v) is 4.31. The van der Waals surface area contributed by atoms with Gasteiger partial charge < -0.3 is 14.7 Å². The normalized spacial score (nSPS) is 30.7. The fraction of sp³-hybridized carbons (Fsp3) is 0.600. The molecule has 1 aliphatic heterocycles. The predicted molar refractivity (Wildman–Crippen MR) is 61.0 cm³/mol. The van der Waals surface area contributed by atoms with E-state index < -0.39 is 35.9 Å². The van der Waals surface area contributed by atoms with Crippen LogP contribution in [0.4, 0.5) is 4.39 Å². The second kappa shape index (κ2) is 5.21. The maximum Gasteiger partial charge on any atom is 0.330 e. The van der Waals surface area contributed by atoms with Crippen LogP contribution < -0.4 is 17.1 Å². The number of aliphatic hydroxyl groups is 1. The molecule has 1 unspecified atom stereocenters. The largest absolute Gasteiger partial charge is 0.387 e. The number of aryl methyl sites for hydroxylation is 1. The van der Waals surface area contributed by atoms with E-state index in [4.69, 9.17) is 10.6 Å². The van der Waals surface area contributed by atoms with Crippen LogP contribution in [0, 0.1) is 6.92 Å². The van der Waals surface area contributed by atoms with E-state index in [9.17, 15) is 19.1 Å². The molecule has 2 heterocycles. The van der Waals surface area contributed by atoms with Gasteiger partial charge in [-0.3, -0.25) is 14.3 Å². The van der Waals surface area contributed by atoms with Crippen LogP contribution in [0.15, 0.2) is 15.8 Å². The zero-order valence-electron chi connectivity index (χ0n) is 10.1. The molecule has 2 rings (SSSR count). The van der Waals surface area contributed by atoms with Crippen LogP contribution in [-0.4, -0.2) is 39.6 Å². The van der Waals surface area contributed by atoms with Crippen LogP contribution in [0.5, 0.6) is 0 Å². The molecule has 0 bridgehead atoms. The Labute approximate surface area is 106 Å². The summed E-state index contributed by atoms with van der Waals surface area (Å²) < 4.78 is 20.0. The van der Waals surface area contributed by atoms with E-state index in [2.05, 4.69) is 4.84 Å². The highest BCUT2D eigenvalue weighted by molar-refractivity contribution is 5.03. The molecule has 0 aromatic carbocycles. The maximum atomic E-state index is 13.9. The minimum absolute atomic E-state index is 0.213. The highest BCUT2D eigenvalue weighted by atomic mass is 19.1. The first-order valence-corrected chi connectivity index (χ1v) is 5.57. The number of halogens is 1. The number of alkyl halides is 1. The number of nitrogens with one attached hydrogen (secondary N) is 1. The molecule has 0 aliphatic carbocycles. The summed E-state index contributed by atoms with van der Waals surface area (Å²) in [5, 5.41) is 9.61. The molecule has 106 valence electrons. The Balaban J connectivity index is 2.35. The number of hydrogen-bond donors (Lipinski definition) is 3. The third kappa shape index (κ3) is 2.45. The fourth-order valence-corrected chi connectivity index (χ4v) is 1.94. The number of ether oxygens (including phenoxy) is 1. The second-order valence-electron chi connectivity index (χ2n) is 4.31. The molecule has 0 saturated carbocycles. The standard InChI is InChI=1S/C10H14FN3O5/c1-4-2-14(10(17)13-8(4)16)9-6(11)7(15)5(19-9)3-18-12/h2,5-7,9,15H,3,12H2,1H3,(H,13,16,17)/t5-,6?,7-,9-/m1/s1. The van der Waals surface area contributed by atoms with Crippen molar-refractivity contribution in [1.82, 2.24) is 9.55 Å². The zero-order valence-corrected chi connectivity index (χ0v) is 10.1. The zero-order chi connectivity index (χ0) is 14.2. The summed E-state index contributed by atoms with van der Waals surface area (Å²) in [5.74, 6) is 4.84. The van der Waals surface area contributed by atoms with E-state index >= 15 is 0 Å². The fourth-order valence-electron chi connectivity index (χ4n) is 1.94. The molecule has 1 aromatic heterocycles. The molecule has 9 heteroatoms. The summed E-state index contributed by atoms with van der Waals surface area (Å²) in [6.07, 6.45) is -4.44. The number of nitrogens with two attached hydrogens (primary N) is 1. The van der Waals surface area contributed by atoms with Crippen LogP contribution in [0.1, 0.15) is 11.8 Å². The number of nitrogens with zero attached hydrogens (tertiary/aromatic N) is 1. The summed E-state index contributed by atoms with van der Waals surface area (Å²) in [4.78, 5) is 29.2. The average molecular weight is 275 g/mol. The first-order chi connectivity index (χ1) is 8.95. The first kappa shape index (κ1) is 13.9. The molecular weight excluding hydrogens is 261 g/mol. The Morgan fingerprint density at radius 1 is 1.63 bits per heavy atom. The Morgan fingerprint density at radius 2 is 2.32 bits per heavy atom. The van der Waals surface area contributed by atoms with Crippen LogP contribution in [-0.2, 0) is 9.57 Å². The summed E-state index contributed by atoms with van der Waals surface area (Å²) in [6, 6.07) is 0. The maximum absolute atomic E-state index is 13.9. The third-order valence-corrected chi connectivity index (χ3v) is 2.97. The van der Waals surface area contributed by atoms with E-state index in [1.807, 2.05) is 4.98 Å². The smallest absolute Gasteiger partial charge is 0.330 e. The van der Waals surface area contributed by atoms with Gasteiger partial charge in [-0.05, 0) is 6.92 Å². The van der Waals surface area contributed by atoms with Gasteiger partial charge in [0.25, 0.3) is 5.56 Å². The van der Waals surface area contributed by atoms with Crippen molar-refractivity contribution in [3.63, 3.8) is 0 Å². The number of hydrogen-bond acceptors (Lipinski definition) is 6. The topological polar surface area (TPSA) is 120 Å². The van der Waals surface area contributed by atoms with E-state index in [0.29, 0.717) is 0 Å². The van der Waals surface area contributed by atoms with Gasteiger partial charge >= 0.3 is 5.69 Å². The van der Waals surface area contributed by atoms with Gasteiger partial charge in [0, 0.05) is 11.8 Å². The van der Waals surface area contributed by atoms with Gasteiger partial charge in [-0.2, -0.15) is 0 Å². The lowest BCUT2D eigenvalue weighted by atomic mass is 10.1. The summed E-state index contributed by atoms with van der Waals surface area (Å²) in [7, 11) is 0.